The number of imide groups is 1. The number of nitrogens with one attached hydrogen (secondary N) is 2. The molecule has 1 aromatic carbocycles. The van der Waals surface area contributed by atoms with E-state index >= 15 is 0 Å². The van der Waals surface area contributed by atoms with E-state index in [1.807, 2.05) is 0 Å². The lowest BCUT2D eigenvalue weighted by Gasteiger charge is -2.25. The Morgan fingerprint density at radius 2 is 2.04 bits per heavy atom. The van der Waals surface area contributed by atoms with Gasteiger partial charge in [0.15, 0.2) is 11.5 Å². The van der Waals surface area contributed by atoms with Crippen LogP contribution in [0.5, 0.6) is 11.5 Å². The van der Waals surface area contributed by atoms with Gasteiger partial charge >= 0.3 is 6.03 Å². The van der Waals surface area contributed by atoms with Crippen LogP contribution in [0.4, 0.5) is 4.79 Å². The molecular weight excluding hydrogens is 354 g/mol. The van der Waals surface area contributed by atoms with E-state index in [4.69, 9.17) is 14.2 Å². The average molecular weight is 377 g/mol. The fourth-order valence-electron chi connectivity index (χ4n) is 3.03. The highest BCUT2D eigenvalue weighted by molar-refractivity contribution is 6.09. The van der Waals surface area contributed by atoms with Gasteiger partial charge in [0.1, 0.15) is 25.3 Å². The summed E-state index contributed by atoms with van der Waals surface area (Å²) in [7, 11) is 1.58. The summed E-state index contributed by atoms with van der Waals surface area (Å²) in [6, 6.07) is 4.49. The monoisotopic (exact) mass is 377 g/mol. The van der Waals surface area contributed by atoms with Crippen molar-refractivity contribution < 1.29 is 28.6 Å². The molecule has 2 heterocycles. The summed E-state index contributed by atoms with van der Waals surface area (Å²) in [6.07, 6.45) is 0.650. The molecule has 0 unspecified atom stereocenters. The standard InChI is InChI=1S/C18H23N3O6/c1-18(12-4-5-13-14(10-12)27-9-8-26-13)16(23)21(17(24)20-18)11-15(22)19-6-3-7-25-2/h4-5,10H,3,6-9,11H2,1-2H3,(H,19,22)(H,20,24)/t18-/m1/s1. The van der Waals surface area contributed by atoms with Crippen molar-refractivity contribution in [3.8, 4) is 11.5 Å². The molecule has 146 valence electrons. The molecule has 0 spiro atoms. The van der Waals surface area contributed by atoms with Crippen LogP contribution < -0.4 is 20.1 Å². The summed E-state index contributed by atoms with van der Waals surface area (Å²) in [4.78, 5) is 38.1. The highest BCUT2D eigenvalue weighted by Gasteiger charge is 2.49. The molecule has 3 rings (SSSR count). The second-order valence-electron chi connectivity index (χ2n) is 6.50. The fraction of sp³-hybridized carbons (Fsp3) is 0.500. The van der Waals surface area contributed by atoms with Crippen molar-refractivity contribution in [3.63, 3.8) is 0 Å². The van der Waals surface area contributed by atoms with Gasteiger partial charge in [-0.15, -0.1) is 0 Å². The maximum absolute atomic E-state index is 12.9. The molecule has 4 amide bonds. The molecule has 1 fully saturated rings. The lowest BCUT2D eigenvalue weighted by atomic mass is 9.91. The number of ether oxygens (including phenoxy) is 3. The van der Waals surface area contributed by atoms with Crippen LogP contribution in [0.2, 0.25) is 0 Å². The number of benzene rings is 1. The van der Waals surface area contributed by atoms with Crippen LogP contribution in [0.3, 0.4) is 0 Å². The smallest absolute Gasteiger partial charge is 0.325 e. The molecule has 2 aliphatic rings. The number of amides is 4. The summed E-state index contributed by atoms with van der Waals surface area (Å²) in [6.45, 7) is 3.09. The maximum atomic E-state index is 12.9. The fourth-order valence-corrected chi connectivity index (χ4v) is 3.03. The lowest BCUT2D eigenvalue weighted by molar-refractivity contribution is -0.134. The molecule has 2 N–H and O–H groups in total. The summed E-state index contributed by atoms with van der Waals surface area (Å²) in [5, 5.41) is 5.34. The van der Waals surface area contributed by atoms with Gasteiger partial charge < -0.3 is 24.8 Å². The van der Waals surface area contributed by atoms with E-state index in [1.54, 1.807) is 32.2 Å². The van der Waals surface area contributed by atoms with Crippen molar-refractivity contribution in [3.05, 3.63) is 23.8 Å². The van der Waals surface area contributed by atoms with E-state index in [0.717, 1.165) is 4.90 Å². The number of hydrogen-bond donors (Lipinski definition) is 2. The van der Waals surface area contributed by atoms with E-state index in [9.17, 15) is 14.4 Å². The quantitative estimate of drug-likeness (QED) is 0.526. The third-order valence-electron chi connectivity index (χ3n) is 4.54. The van der Waals surface area contributed by atoms with Gasteiger partial charge in [-0.1, -0.05) is 6.07 Å². The lowest BCUT2D eigenvalue weighted by Crippen LogP contribution is -2.43. The molecule has 0 radical (unpaired) electrons. The van der Waals surface area contributed by atoms with Gasteiger partial charge in [0.05, 0.1) is 0 Å². The number of carbonyl (C=O) groups is 3. The Bertz CT molecular complexity index is 753. The SMILES string of the molecule is COCCCNC(=O)CN1C(=O)N[C@](C)(c2ccc3c(c2)OCCO3)C1=O. The van der Waals surface area contributed by atoms with Gasteiger partial charge in [0.2, 0.25) is 5.91 Å². The molecule has 0 bridgehead atoms. The Kier molecular flexibility index (Phi) is 5.50. The Morgan fingerprint density at radius 1 is 1.30 bits per heavy atom. The number of nitrogens with zero attached hydrogens (tertiary/aromatic N) is 1. The van der Waals surface area contributed by atoms with Crippen LogP contribution in [0, 0.1) is 0 Å². The first-order chi connectivity index (χ1) is 13.0. The second-order valence-corrected chi connectivity index (χ2v) is 6.50. The predicted octanol–water partition coefficient (Wildman–Crippen LogP) is 0.378. The molecule has 1 aromatic rings. The van der Waals surface area contributed by atoms with E-state index in [2.05, 4.69) is 10.6 Å². The summed E-state index contributed by atoms with van der Waals surface area (Å²) in [5.41, 5.74) is -0.711. The van der Waals surface area contributed by atoms with Crippen molar-refractivity contribution in [2.75, 3.05) is 40.0 Å². The number of hydrogen-bond acceptors (Lipinski definition) is 6. The van der Waals surface area contributed by atoms with Crippen LogP contribution in [0.1, 0.15) is 18.9 Å². The number of rotatable bonds is 7. The molecule has 1 saturated heterocycles. The molecular formula is C18H23N3O6. The van der Waals surface area contributed by atoms with Gasteiger partial charge in [-0.05, 0) is 31.0 Å². The molecule has 0 aromatic heterocycles. The Hall–Kier alpha value is -2.81. The minimum absolute atomic E-state index is 0.336. The normalized spacial score (nSPS) is 21.2. The predicted molar refractivity (Wildman–Crippen MR) is 94.5 cm³/mol. The first-order valence-corrected chi connectivity index (χ1v) is 8.75. The second kappa shape index (κ2) is 7.83. The summed E-state index contributed by atoms with van der Waals surface area (Å²) < 4.78 is 15.9. The van der Waals surface area contributed by atoms with Gasteiger partial charge in [-0.25, -0.2) is 4.79 Å². The molecule has 2 aliphatic heterocycles. The summed E-state index contributed by atoms with van der Waals surface area (Å²) in [5.74, 6) is 0.228. The third-order valence-corrected chi connectivity index (χ3v) is 4.54. The highest BCUT2D eigenvalue weighted by atomic mass is 16.6. The van der Waals surface area contributed by atoms with Crippen LogP contribution in [-0.4, -0.2) is 62.8 Å². The van der Waals surface area contributed by atoms with E-state index < -0.39 is 23.4 Å². The van der Waals surface area contributed by atoms with E-state index in [1.165, 1.54) is 0 Å². The summed E-state index contributed by atoms with van der Waals surface area (Å²) >= 11 is 0. The third kappa shape index (κ3) is 3.82. The van der Waals surface area contributed by atoms with Crippen molar-refractivity contribution in [2.45, 2.75) is 18.9 Å². The molecule has 9 nitrogen and oxygen atoms in total. The van der Waals surface area contributed by atoms with Gasteiger partial charge in [-0.3, -0.25) is 14.5 Å². The van der Waals surface area contributed by atoms with Gasteiger partial charge in [0.25, 0.3) is 5.91 Å². The Morgan fingerprint density at radius 3 is 2.78 bits per heavy atom. The molecule has 9 heteroatoms. The van der Waals surface area contributed by atoms with Crippen LogP contribution in [0.15, 0.2) is 18.2 Å². The van der Waals surface area contributed by atoms with Crippen molar-refractivity contribution in [2.24, 2.45) is 0 Å². The first kappa shape index (κ1) is 19.0. The van der Waals surface area contributed by atoms with Crippen molar-refractivity contribution in [1.29, 1.82) is 0 Å². The van der Waals surface area contributed by atoms with Gasteiger partial charge in [-0.2, -0.15) is 0 Å². The number of methoxy groups -OCH3 is 1. The minimum atomic E-state index is -1.27. The van der Waals surface area contributed by atoms with Crippen LogP contribution in [0.25, 0.3) is 0 Å². The topological polar surface area (TPSA) is 106 Å². The number of urea groups is 1. The van der Waals surface area contributed by atoms with E-state index in [0.29, 0.717) is 49.8 Å². The highest BCUT2D eigenvalue weighted by Crippen LogP contribution is 2.36. The Labute approximate surface area is 156 Å². The zero-order chi connectivity index (χ0) is 19.4. The number of fused-ring (bicyclic) bond motifs is 1. The largest absolute Gasteiger partial charge is 0.486 e. The van der Waals surface area contributed by atoms with Gasteiger partial charge in [0, 0.05) is 20.3 Å². The van der Waals surface area contributed by atoms with Crippen molar-refractivity contribution >= 4 is 17.8 Å². The zero-order valence-electron chi connectivity index (χ0n) is 15.4. The van der Waals surface area contributed by atoms with Crippen LogP contribution >= 0.6 is 0 Å². The first-order valence-electron chi connectivity index (χ1n) is 8.75. The average Bonchev–Trinajstić information content (AvgIpc) is 2.89. The zero-order valence-corrected chi connectivity index (χ0v) is 15.4. The molecule has 0 aliphatic carbocycles. The van der Waals surface area contributed by atoms with E-state index in [-0.39, 0.29) is 6.54 Å². The van der Waals surface area contributed by atoms with Crippen LogP contribution in [-0.2, 0) is 19.9 Å². The molecule has 0 saturated carbocycles. The maximum Gasteiger partial charge on any atom is 0.325 e. The molecule has 27 heavy (non-hydrogen) atoms. The molecule has 1 atom stereocenters. The number of carbonyl (C=O) groups excluding carboxylic acids is 3. The Balaban J connectivity index is 1.70. The minimum Gasteiger partial charge on any atom is -0.486 e. The van der Waals surface area contributed by atoms with Crippen molar-refractivity contribution in [1.82, 2.24) is 15.5 Å².